The molecule has 1 aliphatic rings. The fourth-order valence-electron chi connectivity index (χ4n) is 3.30. The normalized spacial score (nSPS) is 13.8. The predicted octanol–water partition coefficient (Wildman–Crippen LogP) is 2.10. The third-order valence-corrected chi connectivity index (χ3v) is 5.05. The van der Waals surface area contributed by atoms with E-state index in [2.05, 4.69) is 15.0 Å². The second-order valence-electron chi connectivity index (χ2n) is 7.20. The van der Waals surface area contributed by atoms with E-state index in [1.54, 1.807) is 35.5 Å². The summed E-state index contributed by atoms with van der Waals surface area (Å²) in [5.41, 5.74) is 0.692. The van der Waals surface area contributed by atoms with Crippen molar-refractivity contribution in [3.05, 3.63) is 60.6 Å². The van der Waals surface area contributed by atoms with Crippen molar-refractivity contribution in [1.82, 2.24) is 19.9 Å². The van der Waals surface area contributed by atoms with Gasteiger partial charge in [-0.25, -0.2) is 19.3 Å². The lowest BCUT2D eigenvalue weighted by molar-refractivity contribution is -0.152. The summed E-state index contributed by atoms with van der Waals surface area (Å²) >= 11 is 0. The van der Waals surface area contributed by atoms with Gasteiger partial charge in [-0.15, -0.1) is 0 Å². The highest BCUT2D eigenvalue weighted by atomic mass is 19.1. The van der Waals surface area contributed by atoms with E-state index >= 15 is 0 Å². The van der Waals surface area contributed by atoms with Gasteiger partial charge in [-0.05, 0) is 30.3 Å². The highest BCUT2D eigenvalue weighted by Crippen LogP contribution is 2.21. The molecule has 0 N–H and O–H groups in total. The molecule has 3 heterocycles. The van der Waals surface area contributed by atoms with Crippen molar-refractivity contribution in [3.63, 3.8) is 0 Å². The molecule has 166 valence electrons. The first-order valence-electron chi connectivity index (χ1n) is 10.2. The fourth-order valence-corrected chi connectivity index (χ4v) is 3.30. The van der Waals surface area contributed by atoms with Crippen LogP contribution in [0.25, 0.3) is 11.3 Å². The third-order valence-electron chi connectivity index (χ3n) is 5.05. The third kappa shape index (κ3) is 5.45. The number of aryl methyl sites for hydroxylation is 1. The van der Waals surface area contributed by atoms with Gasteiger partial charge in [0.05, 0.1) is 12.6 Å². The Hall–Kier alpha value is -3.82. The van der Waals surface area contributed by atoms with Gasteiger partial charge in [0.1, 0.15) is 5.82 Å². The van der Waals surface area contributed by atoms with Gasteiger partial charge in [-0.3, -0.25) is 9.59 Å². The zero-order valence-corrected chi connectivity index (χ0v) is 17.3. The van der Waals surface area contributed by atoms with Crippen LogP contribution in [0.2, 0.25) is 0 Å². The molecule has 1 saturated heterocycles. The molecule has 4 rings (SSSR count). The molecule has 10 heteroatoms. The summed E-state index contributed by atoms with van der Waals surface area (Å²) in [4.78, 5) is 40.6. The Morgan fingerprint density at radius 2 is 1.75 bits per heavy atom. The quantitative estimate of drug-likeness (QED) is 0.516. The van der Waals surface area contributed by atoms with Crippen LogP contribution in [0.5, 0.6) is 0 Å². The molecule has 0 unspecified atom stereocenters. The van der Waals surface area contributed by atoms with Gasteiger partial charge in [0, 0.05) is 50.6 Å². The number of benzene rings is 1. The Morgan fingerprint density at radius 3 is 2.47 bits per heavy atom. The van der Waals surface area contributed by atoms with Crippen LogP contribution in [0.1, 0.15) is 12.3 Å². The molecule has 1 amide bonds. The number of halogens is 1. The number of carbonyl (C=O) groups excluding carboxylic acids is 2. The Kier molecular flexibility index (Phi) is 6.69. The van der Waals surface area contributed by atoms with Crippen molar-refractivity contribution in [2.24, 2.45) is 0 Å². The van der Waals surface area contributed by atoms with Gasteiger partial charge >= 0.3 is 5.97 Å². The zero-order valence-electron chi connectivity index (χ0n) is 17.3. The van der Waals surface area contributed by atoms with Crippen molar-refractivity contribution >= 4 is 17.8 Å². The summed E-state index contributed by atoms with van der Waals surface area (Å²) in [6.45, 7) is 1.95. The number of ether oxygens (including phenoxy) is 1. The molecule has 0 radical (unpaired) electrons. The maximum atomic E-state index is 13.0. The minimum atomic E-state index is -0.504. The number of nitrogens with zero attached hydrogens (tertiary/aromatic N) is 5. The van der Waals surface area contributed by atoms with Crippen molar-refractivity contribution < 1.29 is 23.1 Å². The van der Waals surface area contributed by atoms with E-state index in [9.17, 15) is 14.0 Å². The minimum absolute atomic E-state index is 0.0375. The summed E-state index contributed by atoms with van der Waals surface area (Å²) in [6, 6.07) is 7.60. The average Bonchev–Trinajstić information content (AvgIpc) is 3.31. The van der Waals surface area contributed by atoms with Gasteiger partial charge in [-0.1, -0.05) is 0 Å². The maximum Gasteiger partial charge on any atom is 0.306 e. The molecular weight excluding hydrogens is 417 g/mol. The van der Waals surface area contributed by atoms with Crippen molar-refractivity contribution in [2.75, 3.05) is 37.7 Å². The highest BCUT2D eigenvalue weighted by molar-refractivity contribution is 5.81. The monoisotopic (exact) mass is 439 g/mol. The summed E-state index contributed by atoms with van der Waals surface area (Å²) < 4.78 is 23.7. The summed E-state index contributed by atoms with van der Waals surface area (Å²) in [6.07, 6.45) is 5.17. The van der Waals surface area contributed by atoms with E-state index < -0.39 is 5.97 Å². The molecule has 0 aliphatic carbocycles. The Morgan fingerprint density at radius 1 is 1.03 bits per heavy atom. The molecule has 0 atom stereocenters. The molecule has 1 aromatic carbocycles. The number of aromatic nitrogens is 3. The first kappa shape index (κ1) is 21.4. The second kappa shape index (κ2) is 9.99. The second-order valence-corrected chi connectivity index (χ2v) is 7.20. The number of oxazole rings is 1. The average molecular weight is 439 g/mol. The van der Waals surface area contributed by atoms with Crippen LogP contribution in [0.4, 0.5) is 10.3 Å². The molecule has 3 aromatic rings. The largest absolute Gasteiger partial charge is 0.456 e. The molecule has 0 saturated carbocycles. The lowest BCUT2D eigenvalue weighted by Crippen LogP contribution is -2.50. The fraction of sp³-hybridized carbons (Fsp3) is 0.318. The maximum absolute atomic E-state index is 13.0. The number of carbonyl (C=O) groups is 2. The molecule has 9 nitrogen and oxygen atoms in total. The molecule has 32 heavy (non-hydrogen) atoms. The molecule has 1 fully saturated rings. The van der Waals surface area contributed by atoms with Crippen LogP contribution in [-0.2, 0) is 20.7 Å². The number of amides is 1. The number of rotatable bonds is 7. The van der Waals surface area contributed by atoms with E-state index in [1.807, 2.05) is 4.90 Å². The van der Waals surface area contributed by atoms with E-state index in [0.29, 0.717) is 49.3 Å². The lowest BCUT2D eigenvalue weighted by atomic mass is 10.2. The van der Waals surface area contributed by atoms with Crippen LogP contribution in [0.15, 0.2) is 53.3 Å². The first-order valence-corrected chi connectivity index (χ1v) is 10.2. The smallest absolute Gasteiger partial charge is 0.306 e. The van der Waals surface area contributed by atoms with Crippen LogP contribution in [0, 0.1) is 5.82 Å². The number of hydrogen-bond donors (Lipinski definition) is 0. The Bertz CT molecular complexity index is 1050. The highest BCUT2D eigenvalue weighted by Gasteiger charge is 2.23. The number of piperazine rings is 1. The van der Waals surface area contributed by atoms with Crippen molar-refractivity contribution in [1.29, 1.82) is 0 Å². The lowest BCUT2D eigenvalue weighted by Gasteiger charge is -2.34. The van der Waals surface area contributed by atoms with Crippen LogP contribution >= 0.6 is 0 Å². The molecule has 1 aliphatic heterocycles. The molecular formula is C22H22FN5O4. The van der Waals surface area contributed by atoms with Gasteiger partial charge in [0.2, 0.25) is 5.95 Å². The van der Waals surface area contributed by atoms with E-state index in [-0.39, 0.29) is 31.2 Å². The zero-order chi connectivity index (χ0) is 22.3. The number of hydrogen-bond acceptors (Lipinski definition) is 8. The van der Waals surface area contributed by atoms with Crippen molar-refractivity contribution in [2.45, 2.75) is 12.8 Å². The summed E-state index contributed by atoms with van der Waals surface area (Å²) in [5.74, 6) is 0.423. The molecule has 0 bridgehead atoms. The Balaban J connectivity index is 1.18. The van der Waals surface area contributed by atoms with E-state index in [1.165, 1.54) is 18.3 Å². The first-order chi connectivity index (χ1) is 15.6. The summed E-state index contributed by atoms with van der Waals surface area (Å²) in [5, 5.41) is 0. The standard InChI is InChI=1S/C22H22FN5O4/c23-17-4-2-16(3-5-17)18-14-26-19(32-18)6-7-21(30)31-15-20(29)27-10-12-28(13-11-27)22-24-8-1-9-25-22/h1-5,8-9,14H,6-7,10-13,15H2. The SMILES string of the molecule is O=C(CCc1ncc(-c2ccc(F)cc2)o1)OCC(=O)N1CCN(c2ncccn2)CC1. The molecule has 0 spiro atoms. The summed E-state index contributed by atoms with van der Waals surface area (Å²) in [7, 11) is 0. The van der Waals surface area contributed by atoms with Crippen LogP contribution in [-0.4, -0.2) is 64.5 Å². The molecule has 2 aromatic heterocycles. The predicted molar refractivity (Wildman–Crippen MR) is 112 cm³/mol. The topological polar surface area (TPSA) is 102 Å². The van der Waals surface area contributed by atoms with E-state index in [4.69, 9.17) is 9.15 Å². The minimum Gasteiger partial charge on any atom is -0.456 e. The van der Waals surface area contributed by atoms with Crippen LogP contribution < -0.4 is 4.90 Å². The van der Waals surface area contributed by atoms with Crippen LogP contribution in [0.3, 0.4) is 0 Å². The number of anilines is 1. The van der Waals surface area contributed by atoms with Gasteiger partial charge in [-0.2, -0.15) is 0 Å². The van der Waals surface area contributed by atoms with Gasteiger partial charge in [0.25, 0.3) is 5.91 Å². The Labute approximate surface area is 183 Å². The van der Waals surface area contributed by atoms with Gasteiger partial charge < -0.3 is 19.0 Å². The van der Waals surface area contributed by atoms with E-state index in [0.717, 1.165) is 0 Å². The van der Waals surface area contributed by atoms with Gasteiger partial charge in [0.15, 0.2) is 18.3 Å². The van der Waals surface area contributed by atoms with Crippen molar-refractivity contribution in [3.8, 4) is 11.3 Å². The number of esters is 1.